The molecule has 0 aliphatic rings. The van der Waals surface area contributed by atoms with E-state index in [9.17, 15) is 4.79 Å². The van der Waals surface area contributed by atoms with Crippen LogP contribution in [0.15, 0.2) is 12.7 Å². The number of hydrogen-bond acceptors (Lipinski definition) is 1. The predicted octanol–water partition coefficient (Wildman–Crippen LogP) is 2.09. The van der Waals surface area contributed by atoms with Gasteiger partial charge in [0, 0.05) is 12.4 Å². The molecular weight excluding hydrogens is 174 g/mol. The van der Waals surface area contributed by atoms with Crippen LogP contribution in [0.5, 0.6) is 0 Å². The minimum Gasteiger partial charge on any atom is -0.353 e. The quantitative estimate of drug-likeness (QED) is 0.371. The Morgan fingerprint density at radius 3 is 2.58 bits per heavy atom. The van der Waals surface area contributed by atoms with Crippen LogP contribution in [0.1, 0.15) is 25.7 Å². The van der Waals surface area contributed by atoms with E-state index in [0.29, 0.717) is 0 Å². The normalized spacial score (nSPS) is 9.42. The molecule has 70 valence electrons. The maximum Gasteiger partial charge on any atom is 0.243 e. The Hall–Kier alpha value is -0.500. The van der Waals surface area contributed by atoms with Gasteiger partial charge in [-0.05, 0) is 18.9 Å². The van der Waals surface area contributed by atoms with E-state index >= 15 is 0 Å². The molecule has 0 aromatic carbocycles. The first-order chi connectivity index (χ1) is 5.81. The van der Waals surface area contributed by atoms with Crippen molar-refractivity contribution in [3.05, 3.63) is 12.7 Å². The molecule has 0 aromatic heterocycles. The number of carbonyl (C=O) groups is 1. The number of unbranched alkanes of at least 4 members (excludes halogenated alkanes) is 3. The van der Waals surface area contributed by atoms with Crippen molar-refractivity contribution in [2.45, 2.75) is 25.7 Å². The summed E-state index contributed by atoms with van der Waals surface area (Å²) in [6.07, 6.45) is 5.66. The first-order valence-corrected chi connectivity index (χ1v) is 4.81. The number of alkyl halides is 1. The first kappa shape index (κ1) is 11.5. The maximum atomic E-state index is 10.7. The summed E-state index contributed by atoms with van der Waals surface area (Å²) >= 11 is 5.50. The molecule has 0 saturated heterocycles. The van der Waals surface area contributed by atoms with Gasteiger partial charge in [0.1, 0.15) is 0 Å². The maximum absolute atomic E-state index is 10.7. The molecule has 0 unspecified atom stereocenters. The van der Waals surface area contributed by atoms with Crippen LogP contribution in [-0.4, -0.2) is 18.3 Å². The lowest BCUT2D eigenvalue weighted by molar-refractivity contribution is -0.116. The van der Waals surface area contributed by atoms with E-state index < -0.39 is 0 Å². The van der Waals surface area contributed by atoms with Crippen LogP contribution in [0.3, 0.4) is 0 Å². The Labute approximate surface area is 79.0 Å². The molecule has 12 heavy (non-hydrogen) atoms. The van der Waals surface area contributed by atoms with Crippen LogP contribution >= 0.6 is 11.6 Å². The van der Waals surface area contributed by atoms with Crippen molar-refractivity contribution in [3.63, 3.8) is 0 Å². The molecule has 2 nitrogen and oxygen atoms in total. The molecule has 0 rings (SSSR count). The molecule has 3 heteroatoms. The highest BCUT2D eigenvalue weighted by molar-refractivity contribution is 6.17. The molecule has 0 bridgehead atoms. The topological polar surface area (TPSA) is 29.1 Å². The van der Waals surface area contributed by atoms with Crippen molar-refractivity contribution in [1.29, 1.82) is 0 Å². The molecule has 0 spiro atoms. The molecule has 0 heterocycles. The van der Waals surface area contributed by atoms with Crippen LogP contribution in [0.2, 0.25) is 0 Å². The smallest absolute Gasteiger partial charge is 0.243 e. The van der Waals surface area contributed by atoms with Crippen molar-refractivity contribution in [2.24, 2.45) is 0 Å². The Bertz CT molecular complexity index is 136. The van der Waals surface area contributed by atoms with E-state index in [1.165, 1.54) is 6.08 Å². The fourth-order valence-corrected chi connectivity index (χ4v) is 1.05. The number of hydrogen-bond donors (Lipinski definition) is 1. The summed E-state index contributed by atoms with van der Waals surface area (Å²) in [7, 11) is 0. The molecule has 1 N–H and O–H groups in total. The van der Waals surface area contributed by atoms with Crippen LogP contribution in [-0.2, 0) is 4.79 Å². The van der Waals surface area contributed by atoms with E-state index in [-0.39, 0.29) is 5.91 Å². The van der Waals surface area contributed by atoms with E-state index in [1.807, 2.05) is 0 Å². The van der Waals surface area contributed by atoms with Gasteiger partial charge in [0.05, 0.1) is 0 Å². The van der Waals surface area contributed by atoms with Gasteiger partial charge < -0.3 is 5.32 Å². The van der Waals surface area contributed by atoms with Crippen LogP contribution < -0.4 is 5.32 Å². The first-order valence-electron chi connectivity index (χ1n) is 4.27. The monoisotopic (exact) mass is 189 g/mol. The summed E-state index contributed by atoms with van der Waals surface area (Å²) in [4.78, 5) is 10.7. The van der Waals surface area contributed by atoms with Gasteiger partial charge in [0.2, 0.25) is 5.91 Å². The molecular formula is C9H16ClNO. The second kappa shape index (κ2) is 8.60. The van der Waals surface area contributed by atoms with E-state index in [2.05, 4.69) is 11.9 Å². The Kier molecular flexibility index (Phi) is 8.24. The molecule has 0 aliphatic heterocycles. The number of halogens is 1. The molecule has 1 amide bonds. The Balaban J connectivity index is 3.00. The summed E-state index contributed by atoms with van der Waals surface area (Å²) in [6, 6.07) is 0. The summed E-state index contributed by atoms with van der Waals surface area (Å²) in [5, 5.41) is 2.72. The van der Waals surface area contributed by atoms with Gasteiger partial charge in [0.15, 0.2) is 0 Å². The lowest BCUT2D eigenvalue weighted by Gasteiger charge is -2.00. The zero-order valence-electron chi connectivity index (χ0n) is 7.31. The highest BCUT2D eigenvalue weighted by atomic mass is 35.5. The summed E-state index contributed by atoms with van der Waals surface area (Å²) in [6.45, 7) is 4.10. The van der Waals surface area contributed by atoms with Gasteiger partial charge >= 0.3 is 0 Å². The van der Waals surface area contributed by atoms with E-state index in [4.69, 9.17) is 11.6 Å². The van der Waals surface area contributed by atoms with Crippen molar-refractivity contribution < 1.29 is 4.79 Å². The molecule has 0 saturated carbocycles. The molecule has 0 aromatic rings. The van der Waals surface area contributed by atoms with Gasteiger partial charge in [-0.1, -0.05) is 19.4 Å². The van der Waals surface area contributed by atoms with Crippen LogP contribution in [0.25, 0.3) is 0 Å². The van der Waals surface area contributed by atoms with E-state index in [0.717, 1.165) is 38.1 Å². The summed E-state index contributed by atoms with van der Waals surface area (Å²) in [5.74, 6) is 0.645. The zero-order valence-corrected chi connectivity index (χ0v) is 8.07. The standard InChI is InChI=1S/C9H16ClNO/c1-2-9(12)11-8-6-4-3-5-7-10/h2H,1,3-8H2,(H,11,12). The number of nitrogens with one attached hydrogen (secondary N) is 1. The second-order valence-corrected chi connectivity index (χ2v) is 2.98. The van der Waals surface area contributed by atoms with Crippen molar-refractivity contribution >= 4 is 17.5 Å². The minimum atomic E-state index is -0.0904. The third-order valence-corrected chi connectivity index (χ3v) is 1.81. The van der Waals surface area contributed by atoms with Gasteiger partial charge in [-0.25, -0.2) is 0 Å². The molecule has 0 aliphatic carbocycles. The third kappa shape index (κ3) is 7.61. The van der Waals surface area contributed by atoms with Crippen molar-refractivity contribution in [2.75, 3.05) is 12.4 Å². The average Bonchev–Trinajstić information content (AvgIpc) is 2.10. The zero-order chi connectivity index (χ0) is 9.23. The van der Waals surface area contributed by atoms with Gasteiger partial charge in [-0.3, -0.25) is 4.79 Å². The van der Waals surface area contributed by atoms with E-state index in [1.54, 1.807) is 0 Å². The number of carbonyl (C=O) groups excluding carboxylic acids is 1. The lowest BCUT2D eigenvalue weighted by atomic mass is 10.2. The second-order valence-electron chi connectivity index (χ2n) is 2.60. The molecule has 0 atom stereocenters. The average molecular weight is 190 g/mol. The fourth-order valence-electron chi connectivity index (χ4n) is 0.857. The highest BCUT2D eigenvalue weighted by Gasteiger charge is 1.92. The van der Waals surface area contributed by atoms with Gasteiger partial charge in [-0.15, -0.1) is 11.6 Å². The molecule has 0 fully saturated rings. The van der Waals surface area contributed by atoms with Crippen LogP contribution in [0.4, 0.5) is 0 Å². The Morgan fingerprint density at radius 1 is 1.33 bits per heavy atom. The lowest BCUT2D eigenvalue weighted by Crippen LogP contribution is -2.21. The van der Waals surface area contributed by atoms with Crippen LogP contribution in [0, 0.1) is 0 Å². The van der Waals surface area contributed by atoms with Gasteiger partial charge in [-0.2, -0.15) is 0 Å². The predicted molar refractivity (Wildman–Crippen MR) is 52.4 cm³/mol. The SMILES string of the molecule is C=CC(=O)NCCCCCCCl. The molecule has 0 radical (unpaired) electrons. The summed E-state index contributed by atoms with van der Waals surface area (Å²) < 4.78 is 0. The fraction of sp³-hybridized carbons (Fsp3) is 0.667. The minimum absolute atomic E-state index is 0.0904. The van der Waals surface area contributed by atoms with Crippen molar-refractivity contribution in [3.8, 4) is 0 Å². The van der Waals surface area contributed by atoms with Gasteiger partial charge in [0.25, 0.3) is 0 Å². The Morgan fingerprint density at radius 2 is 2.00 bits per heavy atom. The number of rotatable bonds is 7. The van der Waals surface area contributed by atoms with Crippen molar-refractivity contribution in [1.82, 2.24) is 5.32 Å². The summed E-state index contributed by atoms with van der Waals surface area (Å²) in [5.41, 5.74) is 0. The largest absolute Gasteiger partial charge is 0.353 e. The third-order valence-electron chi connectivity index (χ3n) is 1.55. The highest BCUT2D eigenvalue weighted by Crippen LogP contribution is 1.99. The number of amides is 1.